The molecule has 3 rings (SSSR count). The number of hydrogen-bond donors (Lipinski definition) is 0. The third kappa shape index (κ3) is 2.46. The molecule has 3 heterocycles. The number of aromatic nitrogens is 6. The molecule has 0 N–H and O–H groups in total. The van der Waals surface area contributed by atoms with Crippen molar-refractivity contribution in [2.75, 3.05) is 0 Å². The van der Waals surface area contributed by atoms with Crippen LogP contribution in [0.3, 0.4) is 0 Å². The lowest BCUT2D eigenvalue weighted by atomic mass is 9.96. The third-order valence-corrected chi connectivity index (χ3v) is 4.09. The molecule has 0 fully saturated rings. The molecule has 0 amide bonds. The summed E-state index contributed by atoms with van der Waals surface area (Å²) in [6.45, 7) is 8.42. The molecule has 3 aromatic heterocycles. The molecule has 0 aliphatic heterocycles. The largest absolute Gasteiger partial charge is 0.269 e. The lowest BCUT2D eigenvalue weighted by Gasteiger charge is -2.16. The maximum absolute atomic E-state index is 12.2. The van der Waals surface area contributed by atoms with Crippen LogP contribution in [0.15, 0.2) is 16.2 Å². The molecule has 21 heavy (non-hydrogen) atoms. The first-order valence-corrected chi connectivity index (χ1v) is 7.47. The van der Waals surface area contributed by atoms with Gasteiger partial charge in [0.05, 0.1) is 12.2 Å². The van der Waals surface area contributed by atoms with Crippen molar-refractivity contribution in [3.63, 3.8) is 0 Å². The Hall–Kier alpha value is -2.09. The van der Waals surface area contributed by atoms with E-state index in [4.69, 9.17) is 0 Å². The minimum atomic E-state index is -0.165. The van der Waals surface area contributed by atoms with E-state index in [1.165, 1.54) is 11.3 Å². The van der Waals surface area contributed by atoms with Crippen LogP contribution in [-0.4, -0.2) is 29.6 Å². The molecule has 0 aromatic carbocycles. The number of thiazole rings is 1. The van der Waals surface area contributed by atoms with Crippen molar-refractivity contribution in [3.8, 4) is 0 Å². The average molecular weight is 304 g/mol. The standard InChI is InChI=1S/C13H16N6OS/c1-8-7-21-12-14-9(5-10(20)19(8)12)6-18-11(13(2,3)4)15-16-17-18/h5,7H,6H2,1-4H3. The minimum absolute atomic E-state index is 0.0702. The Morgan fingerprint density at radius 2 is 2.10 bits per heavy atom. The van der Waals surface area contributed by atoms with E-state index < -0.39 is 0 Å². The first-order valence-electron chi connectivity index (χ1n) is 6.60. The summed E-state index contributed by atoms with van der Waals surface area (Å²) < 4.78 is 3.30. The molecule has 0 aliphatic rings. The van der Waals surface area contributed by atoms with Crippen molar-refractivity contribution >= 4 is 16.3 Å². The highest BCUT2D eigenvalue weighted by Crippen LogP contribution is 2.19. The number of fused-ring (bicyclic) bond motifs is 1. The van der Waals surface area contributed by atoms with Crippen LogP contribution in [0.5, 0.6) is 0 Å². The molecular weight excluding hydrogens is 288 g/mol. The minimum Gasteiger partial charge on any atom is -0.269 e. The van der Waals surface area contributed by atoms with Crippen molar-refractivity contribution in [2.45, 2.75) is 39.7 Å². The van der Waals surface area contributed by atoms with E-state index in [0.717, 1.165) is 11.5 Å². The predicted octanol–water partition coefficient (Wildman–Crippen LogP) is 1.40. The van der Waals surface area contributed by atoms with Crippen LogP contribution in [0.25, 0.3) is 4.96 Å². The molecule has 110 valence electrons. The SMILES string of the molecule is Cc1csc2nc(Cn3nnnc3C(C)(C)C)cc(=O)n12. The summed E-state index contributed by atoms with van der Waals surface area (Å²) in [6.07, 6.45) is 0. The van der Waals surface area contributed by atoms with Gasteiger partial charge in [-0.05, 0) is 17.4 Å². The molecular formula is C13H16N6OS. The van der Waals surface area contributed by atoms with Crippen molar-refractivity contribution in [3.05, 3.63) is 39.0 Å². The van der Waals surface area contributed by atoms with Gasteiger partial charge in [0, 0.05) is 22.6 Å². The molecule has 0 aliphatic carbocycles. The highest BCUT2D eigenvalue weighted by Gasteiger charge is 2.22. The average Bonchev–Trinajstić information content (AvgIpc) is 2.96. The van der Waals surface area contributed by atoms with Gasteiger partial charge in [0.15, 0.2) is 10.8 Å². The predicted molar refractivity (Wildman–Crippen MR) is 79.7 cm³/mol. The van der Waals surface area contributed by atoms with E-state index in [-0.39, 0.29) is 11.0 Å². The maximum atomic E-state index is 12.2. The molecule has 0 atom stereocenters. The topological polar surface area (TPSA) is 78.0 Å². The highest BCUT2D eigenvalue weighted by molar-refractivity contribution is 7.15. The molecule has 0 spiro atoms. The van der Waals surface area contributed by atoms with E-state index in [1.54, 1.807) is 15.1 Å². The van der Waals surface area contributed by atoms with Gasteiger partial charge in [0.25, 0.3) is 5.56 Å². The lowest BCUT2D eigenvalue weighted by Crippen LogP contribution is -2.22. The Morgan fingerprint density at radius 3 is 2.81 bits per heavy atom. The summed E-state index contributed by atoms with van der Waals surface area (Å²) in [7, 11) is 0. The summed E-state index contributed by atoms with van der Waals surface area (Å²) in [5, 5.41) is 13.7. The first-order chi connectivity index (χ1) is 9.86. The van der Waals surface area contributed by atoms with Gasteiger partial charge in [-0.15, -0.1) is 16.4 Å². The number of tetrazole rings is 1. The molecule has 0 saturated heterocycles. The summed E-state index contributed by atoms with van der Waals surface area (Å²) in [4.78, 5) is 17.4. The van der Waals surface area contributed by atoms with Gasteiger partial charge >= 0.3 is 0 Å². The van der Waals surface area contributed by atoms with Gasteiger partial charge in [0.1, 0.15) is 0 Å². The van der Waals surface area contributed by atoms with Crippen molar-refractivity contribution < 1.29 is 0 Å². The third-order valence-electron chi connectivity index (χ3n) is 3.14. The maximum Gasteiger partial charge on any atom is 0.259 e. The second-order valence-electron chi connectivity index (χ2n) is 5.99. The van der Waals surface area contributed by atoms with Crippen LogP contribution >= 0.6 is 11.3 Å². The fourth-order valence-corrected chi connectivity index (χ4v) is 3.07. The smallest absolute Gasteiger partial charge is 0.259 e. The number of hydrogen-bond acceptors (Lipinski definition) is 6. The fourth-order valence-electron chi connectivity index (χ4n) is 2.18. The van der Waals surface area contributed by atoms with E-state index in [1.807, 2.05) is 33.1 Å². The zero-order valence-corrected chi connectivity index (χ0v) is 13.2. The molecule has 3 aromatic rings. The summed E-state index contributed by atoms with van der Waals surface area (Å²) in [5.74, 6) is 0.770. The van der Waals surface area contributed by atoms with Crippen LogP contribution in [0.4, 0.5) is 0 Å². The van der Waals surface area contributed by atoms with Gasteiger partial charge < -0.3 is 0 Å². The second-order valence-corrected chi connectivity index (χ2v) is 6.83. The summed E-state index contributed by atoms with van der Waals surface area (Å²) >= 11 is 1.46. The molecule has 0 unspecified atom stereocenters. The molecule has 0 radical (unpaired) electrons. The number of rotatable bonds is 2. The normalized spacial score (nSPS) is 12.2. The van der Waals surface area contributed by atoms with E-state index in [0.29, 0.717) is 17.2 Å². The van der Waals surface area contributed by atoms with Gasteiger partial charge in [-0.3, -0.25) is 9.20 Å². The molecule has 8 heteroatoms. The molecule has 0 bridgehead atoms. The number of aryl methyl sites for hydroxylation is 1. The van der Waals surface area contributed by atoms with Crippen molar-refractivity contribution in [2.24, 2.45) is 0 Å². The van der Waals surface area contributed by atoms with Crippen molar-refractivity contribution in [1.29, 1.82) is 0 Å². The van der Waals surface area contributed by atoms with Gasteiger partial charge in [-0.25, -0.2) is 9.67 Å². The van der Waals surface area contributed by atoms with Crippen molar-refractivity contribution in [1.82, 2.24) is 29.6 Å². The van der Waals surface area contributed by atoms with Crippen LogP contribution in [0, 0.1) is 6.92 Å². The monoisotopic (exact) mass is 304 g/mol. The zero-order valence-electron chi connectivity index (χ0n) is 12.4. The van der Waals surface area contributed by atoms with E-state index in [2.05, 4.69) is 20.5 Å². The molecule has 7 nitrogen and oxygen atoms in total. The van der Waals surface area contributed by atoms with E-state index >= 15 is 0 Å². The highest BCUT2D eigenvalue weighted by atomic mass is 32.1. The lowest BCUT2D eigenvalue weighted by molar-refractivity contribution is 0.488. The Morgan fingerprint density at radius 1 is 1.33 bits per heavy atom. The van der Waals surface area contributed by atoms with Gasteiger partial charge in [-0.2, -0.15) is 0 Å². The Labute approximate surface area is 125 Å². The quantitative estimate of drug-likeness (QED) is 0.715. The fraction of sp³-hybridized carbons (Fsp3) is 0.462. The van der Waals surface area contributed by atoms with Gasteiger partial charge in [-0.1, -0.05) is 20.8 Å². The van der Waals surface area contributed by atoms with Crippen LogP contribution in [0.1, 0.15) is 38.0 Å². The van der Waals surface area contributed by atoms with Gasteiger partial charge in [0.2, 0.25) is 0 Å². The molecule has 0 saturated carbocycles. The first kappa shape index (κ1) is 13.9. The summed E-state index contributed by atoms with van der Waals surface area (Å²) in [5.41, 5.74) is 1.33. The van der Waals surface area contributed by atoms with E-state index in [9.17, 15) is 4.79 Å². The number of nitrogens with zero attached hydrogens (tertiary/aromatic N) is 6. The Balaban J connectivity index is 2.03. The van der Waals surface area contributed by atoms with Crippen LogP contribution in [0.2, 0.25) is 0 Å². The zero-order chi connectivity index (χ0) is 15.2. The van der Waals surface area contributed by atoms with Crippen LogP contribution < -0.4 is 5.56 Å². The van der Waals surface area contributed by atoms with Crippen LogP contribution in [-0.2, 0) is 12.0 Å². The summed E-state index contributed by atoms with van der Waals surface area (Å²) in [6, 6.07) is 1.54. The Bertz CT molecular complexity index is 854. The second kappa shape index (κ2) is 4.73. The Kier molecular flexibility index (Phi) is 3.12.